The number of carbonyl (C=O) groups is 8. The average Bonchev–Trinajstić information content (AvgIpc) is 1.65. The molecule has 14 nitrogen and oxygen atoms in total. The van der Waals surface area contributed by atoms with Crippen molar-refractivity contribution in [1.82, 2.24) is 0 Å². The Morgan fingerprint density at radius 3 is 1.02 bits per heavy atom. The molecule has 0 spiro atoms. The molecule has 0 bridgehead atoms. The Labute approximate surface area is 658 Å². The monoisotopic (exact) mass is 1660 g/mol. The van der Waals surface area contributed by atoms with Gasteiger partial charge >= 0.3 is 0 Å². The summed E-state index contributed by atoms with van der Waals surface area (Å²) in [5.74, 6) is 12.3. The Balaban J connectivity index is 0.000000157. The van der Waals surface area contributed by atoms with Crippen LogP contribution in [0.3, 0.4) is 0 Å². The number of anilines is 4. The molecule has 0 fully saturated rings. The second-order valence-electron chi connectivity index (χ2n) is 23.0. The van der Waals surface area contributed by atoms with E-state index >= 15 is 0 Å². The average molecular weight is 1660 g/mol. The minimum Gasteiger partial charge on any atom is -0.483 e. The molecule has 0 atom stereocenters. The summed E-state index contributed by atoms with van der Waals surface area (Å²) in [5, 5.41) is 0. The zero-order valence-corrected chi connectivity index (χ0v) is 63.2. The first-order valence-corrected chi connectivity index (χ1v) is 31.4. The van der Waals surface area contributed by atoms with Crippen molar-refractivity contribution in [3.05, 3.63) is 381 Å². The van der Waals surface area contributed by atoms with Gasteiger partial charge in [-0.15, -0.1) is 12.1 Å². The van der Waals surface area contributed by atoms with Gasteiger partial charge < -0.3 is 9.47 Å². The molecule has 8 amide bonds. The second kappa shape index (κ2) is 32.6. The topological polar surface area (TPSA) is 168 Å². The van der Waals surface area contributed by atoms with E-state index in [2.05, 4.69) is 54.0 Å². The molecule has 17 heteroatoms. The summed E-state index contributed by atoms with van der Waals surface area (Å²) in [4.78, 5) is 107. The van der Waals surface area contributed by atoms with Gasteiger partial charge in [-0.1, -0.05) is 135 Å². The summed E-state index contributed by atoms with van der Waals surface area (Å²) < 4.78 is 12.1. The molecule has 4 aliphatic heterocycles. The van der Waals surface area contributed by atoms with Gasteiger partial charge in [-0.2, -0.15) is 115 Å². The first-order chi connectivity index (χ1) is 48.8. The number of rotatable bonds is 10. The van der Waals surface area contributed by atoms with Crippen LogP contribution >= 0.6 is 0 Å². The van der Waals surface area contributed by atoms with Gasteiger partial charge in [0.2, 0.25) is 47.3 Å². The maximum Gasteiger partial charge on any atom is 0.240 e. The molecule has 12 aromatic rings. The van der Waals surface area contributed by atoms with Crippen LogP contribution in [0.2, 0.25) is 0 Å². The molecule has 0 aromatic heterocycles. The van der Waals surface area contributed by atoms with Gasteiger partial charge in [0.1, 0.15) is 17.2 Å². The minimum absolute atomic E-state index is 0. The van der Waals surface area contributed by atoms with E-state index in [1.54, 1.807) is 152 Å². The van der Waals surface area contributed by atoms with Gasteiger partial charge in [0.05, 0.1) is 33.9 Å². The van der Waals surface area contributed by atoms with Gasteiger partial charge in [-0.05, 0) is 133 Å². The van der Waals surface area contributed by atoms with Crippen LogP contribution in [0, 0.1) is 60.9 Å². The van der Waals surface area contributed by atoms with Crippen molar-refractivity contribution < 1.29 is 134 Å². The number of aryl methyl sites for hydroxylation is 1. The van der Waals surface area contributed by atoms with E-state index in [9.17, 15) is 38.4 Å². The fraction of sp³-hybridized carbons (Fsp3) is 0.0233. The van der Waals surface area contributed by atoms with Crippen LogP contribution in [0.5, 0.6) is 23.0 Å². The van der Waals surface area contributed by atoms with Crippen LogP contribution < -0.4 is 29.1 Å². The molecule has 0 aliphatic carbocycles. The standard InChI is InChI=1S/C37H22NO3.C29H16N2O4.C20H11NO3.W.2Y/c1-26-16-22-34(29(24-26)19-17-27-10-4-2-5-11-27)41-35-23-21-31(25-30(35)20-18-28-12-6-3-7-13-28)38-36(39)32-14-8-9-15-33(32)37(38)40;32-26-22-5-1-2-6-23(22)27(33)30(26)20-13-9-18(10-14-20)17-19-11-15-21(16-12-19)31-28(34)24-7-3-4-8-25(24)29(31)35;22-19-17-8-4-5-9-18(17)20(23)21(19)14-10-12-16(13-11-14)24-15-6-2-1-3-7-15;;;/h2-8,10-16,21-25H,1H3;1,3,5-16H,17H2;2-4,6-13H;;;/q-1;2*-2;;;. The third-order valence-corrected chi connectivity index (χ3v) is 16.5. The van der Waals surface area contributed by atoms with Gasteiger partial charge in [0.15, 0.2) is 0 Å². The zero-order chi connectivity index (χ0) is 68.8. The van der Waals surface area contributed by atoms with E-state index in [0.29, 0.717) is 102 Å². The number of imide groups is 4. The van der Waals surface area contributed by atoms with Crippen LogP contribution in [0.15, 0.2) is 267 Å². The van der Waals surface area contributed by atoms with E-state index in [4.69, 9.17) is 9.47 Å². The molecule has 103 heavy (non-hydrogen) atoms. The minimum atomic E-state index is -0.394. The van der Waals surface area contributed by atoms with Crippen molar-refractivity contribution in [3.63, 3.8) is 0 Å². The predicted molar refractivity (Wildman–Crippen MR) is 376 cm³/mol. The quantitative estimate of drug-likeness (QED) is 0.0730. The summed E-state index contributed by atoms with van der Waals surface area (Å²) >= 11 is 0. The summed E-state index contributed by atoms with van der Waals surface area (Å²) in [5.41, 5.74) is 10.9. The molecular formula is C86H49N4O10WY2-5. The largest absolute Gasteiger partial charge is 0.483 e. The zero-order valence-electron chi connectivity index (χ0n) is 54.5. The molecule has 12 aromatic carbocycles. The van der Waals surface area contributed by atoms with Crippen molar-refractivity contribution in [1.29, 1.82) is 0 Å². The number of ether oxygens (including phenoxy) is 2. The Kier molecular flexibility index (Phi) is 23.1. The number of amides is 8. The van der Waals surface area contributed by atoms with Gasteiger partial charge in [-0.3, -0.25) is 58.0 Å². The summed E-state index contributed by atoms with van der Waals surface area (Å²) in [6.45, 7) is 2.00. The second-order valence-corrected chi connectivity index (χ2v) is 23.0. The van der Waals surface area contributed by atoms with Crippen LogP contribution in [-0.4, -0.2) is 47.3 Å². The maximum atomic E-state index is 13.1. The molecule has 0 saturated carbocycles. The third-order valence-electron chi connectivity index (χ3n) is 16.5. The van der Waals surface area contributed by atoms with Crippen molar-refractivity contribution >= 4 is 70.0 Å². The van der Waals surface area contributed by atoms with E-state index in [1.165, 1.54) is 31.7 Å². The predicted octanol–water partition coefficient (Wildman–Crippen LogP) is 15.5. The Bertz CT molecular complexity index is 5190. The Morgan fingerprint density at radius 1 is 0.311 bits per heavy atom. The number of carbonyl (C=O) groups excluding carboxylic acids is 8. The Morgan fingerprint density at radius 2 is 0.631 bits per heavy atom. The fourth-order valence-corrected chi connectivity index (χ4v) is 11.6. The van der Waals surface area contributed by atoms with E-state index in [0.717, 1.165) is 33.4 Å². The molecule has 0 saturated heterocycles. The van der Waals surface area contributed by atoms with Gasteiger partial charge in [-0.25, -0.2) is 0 Å². The van der Waals surface area contributed by atoms with Crippen molar-refractivity contribution in [2.75, 3.05) is 19.6 Å². The van der Waals surface area contributed by atoms with Crippen molar-refractivity contribution in [2.24, 2.45) is 0 Å². The smallest absolute Gasteiger partial charge is 0.240 e. The number of nitrogens with zero attached hydrogens (tertiary/aromatic N) is 4. The third kappa shape index (κ3) is 15.5. The SMILES string of the molecule is Cc1ccc(Oc2ccc(N3C(=O)c4c[c-]ccc4C3=O)cc2C#Cc2ccccc2)c(C#Cc2ccccc2)c1.O=C1c2c[c-]ccc2C(=O)N1c1ccc(Cc2ccc(N3C(=O)c4c[c-]ccc4C3=O)cc2)cc1.O=C1c2c[c-]ccc2C(=O)N1c1ccc(Oc2cc[c-]cc2)cc1.[W].[Y].[Y]. The first-order valence-electron chi connectivity index (χ1n) is 31.4. The van der Waals surface area contributed by atoms with Gasteiger partial charge in [0, 0.05) is 103 Å². The maximum absolute atomic E-state index is 13.1. The molecule has 490 valence electrons. The van der Waals surface area contributed by atoms with Gasteiger partial charge in [0.25, 0.3) is 0 Å². The summed E-state index contributed by atoms with van der Waals surface area (Å²) in [6.07, 6.45) is 0.606. The first kappa shape index (κ1) is 73.0. The van der Waals surface area contributed by atoms with Crippen LogP contribution in [0.4, 0.5) is 22.7 Å². The number of fused-ring (bicyclic) bond motifs is 4. The molecular weight excluding hydrogens is 1610 g/mol. The Hall–Kier alpha value is -11.2. The van der Waals surface area contributed by atoms with Crippen molar-refractivity contribution in [3.8, 4) is 46.7 Å². The molecule has 4 heterocycles. The van der Waals surface area contributed by atoms with E-state index in [1.807, 2.05) is 110 Å². The number of hydrogen-bond donors (Lipinski definition) is 0. The normalized spacial score (nSPS) is 12.6. The van der Waals surface area contributed by atoms with Crippen molar-refractivity contribution in [2.45, 2.75) is 13.3 Å². The van der Waals surface area contributed by atoms with Crippen LogP contribution in [-0.2, 0) is 92.9 Å². The molecule has 2 radical (unpaired) electrons. The molecule has 16 rings (SSSR count). The molecule has 0 N–H and O–H groups in total. The summed E-state index contributed by atoms with van der Waals surface area (Å²) in [6, 6.07) is 92.1. The van der Waals surface area contributed by atoms with Crippen LogP contribution in [0.1, 0.15) is 122 Å². The van der Waals surface area contributed by atoms with E-state index < -0.39 is 5.91 Å². The van der Waals surface area contributed by atoms with Crippen LogP contribution in [0.25, 0.3) is 0 Å². The number of benzene rings is 12. The molecule has 4 aliphatic rings. The fourth-order valence-electron chi connectivity index (χ4n) is 11.6. The summed E-state index contributed by atoms with van der Waals surface area (Å²) in [7, 11) is 0. The molecule has 0 unspecified atom stereocenters. The number of hydrogen-bond acceptors (Lipinski definition) is 10. The van der Waals surface area contributed by atoms with E-state index in [-0.39, 0.29) is 128 Å².